The van der Waals surface area contributed by atoms with Gasteiger partial charge in [-0.3, -0.25) is 5.32 Å². The van der Waals surface area contributed by atoms with E-state index in [1.807, 2.05) is 46.7 Å². The van der Waals surface area contributed by atoms with Crippen molar-refractivity contribution in [3.63, 3.8) is 0 Å². The van der Waals surface area contributed by atoms with E-state index in [0.29, 0.717) is 0 Å². The smallest absolute Gasteiger partial charge is 0.323 e. The van der Waals surface area contributed by atoms with E-state index in [0.717, 1.165) is 28.6 Å². The quantitative estimate of drug-likeness (QED) is 0.928. The molecule has 2 aromatic rings. The lowest BCUT2D eigenvalue weighted by atomic mass is 10.2. The summed E-state index contributed by atoms with van der Waals surface area (Å²) in [5.74, 6) is 1.76. The molecule has 1 fully saturated rings. The molecule has 3 rings (SSSR count). The number of nitrogens with one attached hydrogen (secondary N) is 1. The lowest BCUT2D eigenvalue weighted by molar-refractivity contribution is 0.214. The topological polar surface area (TPSA) is 41.6 Å². The Hall–Kier alpha value is -1.66. The van der Waals surface area contributed by atoms with Gasteiger partial charge in [0.15, 0.2) is 0 Å². The molecule has 21 heavy (non-hydrogen) atoms. The molecule has 0 bridgehead atoms. The third-order valence-corrected chi connectivity index (χ3v) is 5.33. The van der Waals surface area contributed by atoms with Gasteiger partial charge in [0.25, 0.3) is 0 Å². The van der Waals surface area contributed by atoms with Gasteiger partial charge in [-0.2, -0.15) is 0 Å². The third kappa shape index (κ3) is 3.16. The van der Waals surface area contributed by atoms with Crippen molar-refractivity contribution in [2.45, 2.75) is 5.37 Å². The lowest BCUT2D eigenvalue weighted by Gasteiger charge is -2.24. The van der Waals surface area contributed by atoms with Crippen molar-refractivity contribution in [3.8, 4) is 5.75 Å². The van der Waals surface area contributed by atoms with Gasteiger partial charge in [0, 0.05) is 12.3 Å². The molecule has 2 heterocycles. The SMILES string of the molecule is COc1cccc([C@H]2SCCN2C(=O)Nc2cccs2)c1. The molecule has 1 saturated heterocycles. The number of urea groups is 1. The van der Waals surface area contributed by atoms with Crippen LogP contribution in [-0.4, -0.2) is 30.3 Å². The van der Waals surface area contributed by atoms with Gasteiger partial charge in [-0.05, 0) is 35.2 Å². The standard InChI is InChI=1S/C15H16N2O2S2/c1-19-12-5-2-4-11(10-12)14-17(7-9-21-14)15(18)16-13-6-3-8-20-13/h2-6,8,10,14H,7,9H2,1H3,(H,16,18)/t14-/m1/s1. The van der Waals surface area contributed by atoms with Crippen LogP contribution in [0.1, 0.15) is 10.9 Å². The highest BCUT2D eigenvalue weighted by atomic mass is 32.2. The van der Waals surface area contributed by atoms with Crippen molar-refractivity contribution in [2.75, 3.05) is 24.7 Å². The molecule has 0 unspecified atom stereocenters. The molecular formula is C15H16N2O2S2. The van der Waals surface area contributed by atoms with E-state index in [1.165, 1.54) is 11.3 Å². The average Bonchev–Trinajstić information content (AvgIpc) is 3.18. The molecule has 4 nitrogen and oxygen atoms in total. The van der Waals surface area contributed by atoms with E-state index in [2.05, 4.69) is 5.32 Å². The van der Waals surface area contributed by atoms with E-state index in [4.69, 9.17) is 4.74 Å². The third-order valence-electron chi connectivity index (χ3n) is 3.28. The van der Waals surface area contributed by atoms with Crippen molar-refractivity contribution in [1.29, 1.82) is 0 Å². The number of thiophene rings is 1. The van der Waals surface area contributed by atoms with Gasteiger partial charge in [-0.15, -0.1) is 23.1 Å². The number of hydrogen-bond acceptors (Lipinski definition) is 4. The number of carbonyl (C=O) groups excluding carboxylic acids is 1. The van der Waals surface area contributed by atoms with E-state index in [9.17, 15) is 4.79 Å². The zero-order valence-corrected chi connectivity index (χ0v) is 13.2. The zero-order chi connectivity index (χ0) is 14.7. The number of amides is 2. The largest absolute Gasteiger partial charge is 0.497 e. The van der Waals surface area contributed by atoms with Crippen LogP contribution in [-0.2, 0) is 0 Å². The van der Waals surface area contributed by atoms with E-state index in [-0.39, 0.29) is 11.4 Å². The predicted octanol–water partition coefficient (Wildman–Crippen LogP) is 4.04. The van der Waals surface area contributed by atoms with Gasteiger partial charge in [-0.25, -0.2) is 4.79 Å². The van der Waals surface area contributed by atoms with Crippen LogP contribution in [0.15, 0.2) is 41.8 Å². The highest BCUT2D eigenvalue weighted by molar-refractivity contribution is 7.99. The molecule has 1 aromatic carbocycles. The summed E-state index contributed by atoms with van der Waals surface area (Å²) in [7, 11) is 1.65. The summed E-state index contributed by atoms with van der Waals surface area (Å²) in [5, 5.41) is 5.82. The van der Waals surface area contributed by atoms with E-state index >= 15 is 0 Å². The summed E-state index contributed by atoms with van der Waals surface area (Å²) >= 11 is 3.30. The first-order valence-corrected chi connectivity index (χ1v) is 8.57. The minimum atomic E-state index is -0.0460. The second-order valence-corrected chi connectivity index (χ2v) is 6.74. The molecule has 1 atom stereocenters. The summed E-state index contributed by atoms with van der Waals surface area (Å²) in [6, 6.07) is 11.7. The molecule has 0 aliphatic carbocycles. The van der Waals surface area contributed by atoms with Crippen LogP contribution in [0.3, 0.4) is 0 Å². The van der Waals surface area contributed by atoms with Crippen LogP contribution < -0.4 is 10.1 Å². The first kappa shape index (κ1) is 14.3. The Labute approximate surface area is 132 Å². The molecule has 110 valence electrons. The number of methoxy groups -OCH3 is 1. The number of anilines is 1. The highest BCUT2D eigenvalue weighted by Gasteiger charge is 2.31. The number of rotatable bonds is 3. The van der Waals surface area contributed by atoms with Crippen LogP contribution in [0.2, 0.25) is 0 Å². The number of thioether (sulfide) groups is 1. The summed E-state index contributed by atoms with van der Waals surface area (Å²) in [6.07, 6.45) is 0. The van der Waals surface area contributed by atoms with Crippen LogP contribution in [0.4, 0.5) is 9.80 Å². The molecule has 0 spiro atoms. The molecule has 1 N–H and O–H groups in total. The highest BCUT2D eigenvalue weighted by Crippen LogP contribution is 2.39. The monoisotopic (exact) mass is 320 g/mol. The van der Waals surface area contributed by atoms with Crippen LogP contribution in [0.25, 0.3) is 0 Å². The van der Waals surface area contributed by atoms with Crippen molar-refractivity contribution < 1.29 is 9.53 Å². The summed E-state index contributed by atoms with van der Waals surface area (Å²) in [5.41, 5.74) is 1.10. The average molecular weight is 320 g/mol. The van der Waals surface area contributed by atoms with Crippen LogP contribution >= 0.6 is 23.1 Å². The number of carbonyl (C=O) groups is 1. The molecule has 1 aliphatic rings. The Bertz CT molecular complexity index is 616. The fourth-order valence-electron chi connectivity index (χ4n) is 2.28. The Morgan fingerprint density at radius 2 is 2.29 bits per heavy atom. The predicted molar refractivity (Wildman–Crippen MR) is 88.2 cm³/mol. The van der Waals surface area contributed by atoms with Gasteiger partial charge in [0.2, 0.25) is 0 Å². The summed E-state index contributed by atoms with van der Waals surface area (Å²) in [6.45, 7) is 0.754. The maximum absolute atomic E-state index is 12.4. The van der Waals surface area contributed by atoms with Gasteiger partial charge in [0.05, 0.1) is 12.1 Å². The lowest BCUT2D eigenvalue weighted by Crippen LogP contribution is -2.34. The molecule has 6 heteroatoms. The molecule has 1 aliphatic heterocycles. The zero-order valence-electron chi connectivity index (χ0n) is 11.6. The van der Waals surface area contributed by atoms with Crippen molar-refractivity contribution >= 4 is 34.1 Å². The van der Waals surface area contributed by atoms with Gasteiger partial charge >= 0.3 is 6.03 Å². The van der Waals surface area contributed by atoms with Gasteiger partial charge < -0.3 is 9.64 Å². The van der Waals surface area contributed by atoms with Crippen molar-refractivity contribution in [3.05, 3.63) is 47.3 Å². The van der Waals surface area contributed by atoms with Gasteiger partial charge in [-0.1, -0.05) is 12.1 Å². The molecule has 0 radical (unpaired) electrons. The fourth-order valence-corrected chi connectivity index (χ4v) is 4.13. The second-order valence-electron chi connectivity index (χ2n) is 4.60. The van der Waals surface area contributed by atoms with Gasteiger partial charge in [0.1, 0.15) is 11.1 Å². The van der Waals surface area contributed by atoms with Crippen LogP contribution in [0.5, 0.6) is 5.75 Å². The van der Waals surface area contributed by atoms with Crippen molar-refractivity contribution in [1.82, 2.24) is 4.90 Å². The summed E-state index contributed by atoms with van der Waals surface area (Å²) in [4.78, 5) is 14.3. The second kappa shape index (κ2) is 6.41. The maximum Gasteiger partial charge on any atom is 0.323 e. The molecule has 0 saturated carbocycles. The fraction of sp³-hybridized carbons (Fsp3) is 0.267. The minimum absolute atomic E-state index is 0.0417. The Morgan fingerprint density at radius 3 is 3.05 bits per heavy atom. The Kier molecular flexibility index (Phi) is 4.36. The Balaban J connectivity index is 1.76. The minimum Gasteiger partial charge on any atom is -0.497 e. The normalized spacial score (nSPS) is 17.8. The van der Waals surface area contributed by atoms with Crippen molar-refractivity contribution in [2.24, 2.45) is 0 Å². The number of benzene rings is 1. The van der Waals surface area contributed by atoms with E-state index < -0.39 is 0 Å². The Morgan fingerprint density at radius 1 is 1.38 bits per heavy atom. The summed E-state index contributed by atoms with van der Waals surface area (Å²) < 4.78 is 5.27. The number of ether oxygens (including phenoxy) is 1. The first-order chi connectivity index (χ1) is 10.3. The maximum atomic E-state index is 12.4. The molecule has 1 aromatic heterocycles. The van der Waals surface area contributed by atoms with Crippen LogP contribution in [0, 0.1) is 0 Å². The van der Waals surface area contributed by atoms with E-state index in [1.54, 1.807) is 18.9 Å². The number of hydrogen-bond donors (Lipinski definition) is 1. The number of nitrogens with zero attached hydrogens (tertiary/aromatic N) is 1. The first-order valence-electron chi connectivity index (χ1n) is 6.64. The molecular weight excluding hydrogens is 304 g/mol. The molecule has 2 amide bonds.